The van der Waals surface area contributed by atoms with Crippen LogP contribution in [0.5, 0.6) is 0 Å². The number of nitrogens with zero attached hydrogens (tertiary/aromatic N) is 2. The standard InChI is InChI=1S/C12H22N4O.2ClH/c1-4-5-12(3,13)11(17)15-10(2)8-16-7-6-14-9-16;;/h6-7,9-10H,4-5,8,13H2,1-3H3,(H,15,17);2*1H. The van der Waals surface area contributed by atoms with E-state index in [1.54, 1.807) is 19.4 Å². The van der Waals surface area contributed by atoms with Crippen LogP contribution in [0.1, 0.15) is 33.6 Å². The first-order valence-corrected chi connectivity index (χ1v) is 6.01. The summed E-state index contributed by atoms with van der Waals surface area (Å²) in [5.41, 5.74) is 5.18. The van der Waals surface area contributed by atoms with Gasteiger partial charge in [-0.25, -0.2) is 4.98 Å². The smallest absolute Gasteiger partial charge is 0.240 e. The molecule has 112 valence electrons. The molecule has 3 N–H and O–H groups in total. The highest BCUT2D eigenvalue weighted by Gasteiger charge is 2.27. The van der Waals surface area contributed by atoms with Gasteiger partial charge in [-0.1, -0.05) is 13.3 Å². The van der Waals surface area contributed by atoms with Crippen LogP contribution in [0.15, 0.2) is 18.7 Å². The minimum absolute atomic E-state index is 0. The van der Waals surface area contributed by atoms with E-state index in [9.17, 15) is 4.79 Å². The molecule has 1 rings (SSSR count). The molecule has 19 heavy (non-hydrogen) atoms. The molecule has 0 saturated carbocycles. The molecule has 0 bridgehead atoms. The summed E-state index contributed by atoms with van der Waals surface area (Å²) in [4.78, 5) is 15.9. The summed E-state index contributed by atoms with van der Waals surface area (Å²) in [6.07, 6.45) is 6.91. The molecule has 0 fully saturated rings. The van der Waals surface area contributed by atoms with Gasteiger partial charge in [-0.05, 0) is 20.3 Å². The van der Waals surface area contributed by atoms with Crippen LogP contribution in [0.25, 0.3) is 0 Å². The van der Waals surface area contributed by atoms with Crippen molar-refractivity contribution in [3.63, 3.8) is 0 Å². The zero-order valence-corrected chi connectivity index (χ0v) is 13.3. The number of rotatable bonds is 6. The number of halogens is 2. The van der Waals surface area contributed by atoms with Gasteiger partial charge in [0, 0.05) is 25.0 Å². The number of amides is 1. The molecule has 0 radical (unpaired) electrons. The normalized spacial score (nSPS) is 14.5. The number of nitrogens with one attached hydrogen (secondary N) is 1. The Morgan fingerprint density at radius 2 is 2.16 bits per heavy atom. The third-order valence-electron chi connectivity index (χ3n) is 2.71. The topological polar surface area (TPSA) is 72.9 Å². The fourth-order valence-corrected chi connectivity index (χ4v) is 1.78. The third-order valence-corrected chi connectivity index (χ3v) is 2.71. The summed E-state index contributed by atoms with van der Waals surface area (Å²) < 4.78 is 1.93. The van der Waals surface area contributed by atoms with Gasteiger partial charge in [0.2, 0.25) is 5.91 Å². The van der Waals surface area contributed by atoms with Gasteiger partial charge in [-0.2, -0.15) is 0 Å². The Kier molecular flexibility index (Phi) is 9.92. The lowest BCUT2D eigenvalue weighted by molar-refractivity contribution is -0.126. The number of carbonyl (C=O) groups is 1. The average Bonchev–Trinajstić information content (AvgIpc) is 2.69. The lowest BCUT2D eigenvalue weighted by Crippen LogP contribution is -2.54. The summed E-state index contributed by atoms with van der Waals surface area (Å²) in [6.45, 7) is 6.46. The average molecular weight is 311 g/mol. The fraction of sp³-hybridized carbons (Fsp3) is 0.667. The predicted molar refractivity (Wildman–Crippen MR) is 81.8 cm³/mol. The molecule has 1 aromatic rings. The zero-order chi connectivity index (χ0) is 12.9. The number of carbonyl (C=O) groups excluding carboxylic acids is 1. The van der Waals surface area contributed by atoms with Gasteiger partial charge < -0.3 is 15.6 Å². The lowest BCUT2D eigenvalue weighted by Gasteiger charge is -2.25. The minimum Gasteiger partial charge on any atom is -0.350 e. The molecule has 0 aliphatic carbocycles. The Hall–Kier alpha value is -0.780. The van der Waals surface area contributed by atoms with Gasteiger partial charge in [0.25, 0.3) is 0 Å². The molecule has 1 amide bonds. The molecule has 2 unspecified atom stereocenters. The second-order valence-corrected chi connectivity index (χ2v) is 4.80. The summed E-state index contributed by atoms with van der Waals surface area (Å²) >= 11 is 0. The van der Waals surface area contributed by atoms with E-state index in [2.05, 4.69) is 10.3 Å². The Morgan fingerprint density at radius 1 is 1.53 bits per heavy atom. The lowest BCUT2D eigenvalue weighted by atomic mass is 9.96. The van der Waals surface area contributed by atoms with E-state index < -0.39 is 5.54 Å². The Labute approximate surface area is 127 Å². The summed E-state index contributed by atoms with van der Waals surface area (Å²) in [5, 5.41) is 2.93. The van der Waals surface area contributed by atoms with Crippen molar-refractivity contribution in [2.45, 2.75) is 51.7 Å². The van der Waals surface area contributed by atoms with Gasteiger partial charge in [0.15, 0.2) is 0 Å². The van der Waals surface area contributed by atoms with E-state index in [1.807, 2.05) is 24.6 Å². The molecule has 0 aliphatic heterocycles. The van der Waals surface area contributed by atoms with Crippen molar-refractivity contribution in [1.29, 1.82) is 0 Å². The van der Waals surface area contributed by atoms with Crippen LogP contribution in [0.2, 0.25) is 0 Å². The number of hydrogen-bond donors (Lipinski definition) is 2. The first kappa shape index (κ1) is 20.5. The third kappa shape index (κ3) is 6.80. The van der Waals surface area contributed by atoms with Crippen molar-refractivity contribution in [2.24, 2.45) is 5.73 Å². The molecule has 0 spiro atoms. The van der Waals surface area contributed by atoms with E-state index in [4.69, 9.17) is 5.73 Å². The van der Waals surface area contributed by atoms with Crippen molar-refractivity contribution >= 4 is 30.7 Å². The van der Waals surface area contributed by atoms with Gasteiger partial charge >= 0.3 is 0 Å². The highest BCUT2D eigenvalue weighted by molar-refractivity contribution is 5.86. The molecular formula is C12H24Cl2N4O. The molecule has 0 saturated heterocycles. The van der Waals surface area contributed by atoms with Crippen LogP contribution >= 0.6 is 24.8 Å². The van der Waals surface area contributed by atoms with Crippen molar-refractivity contribution in [3.05, 3.63) is 18.7 Å². The highest BCUT2D eigenvalue weighted by atomic mass is 35.5. The number of hydrogen-bond acceptors (Lipinski definition) is 3. The first-order chi connectivity index (χ1) is 7.95. The van der Waals surface area contributed by atoms with Crippen molar-refractivity contribution < 1.29 is 4.79 Å². The summed E-state index contributed by atoms with van der Waals surface area (Å²) in [7, 11) is 0. The minimum atomic E-state index is -0.780. The molecule has 7 heteroatoms. The maximum Gasteiger partial charge on any atom is 0.240 e. The van der Waals surface area contributed by atoms with E-state index in [1.165, 1.54) is 0 Å². The van der Waals surface area contributed by atoms with E-state index in [-0.39, 0.29) is 36.8 Å². The molecular weight excluding hydrogens is 287 g/mol. The zero-order valence-electron chi connectivity index (χ0n) is 11.6. The van der Waals surface area contributed by atoms with E-state index in [0.717, 1.165) is 6.42 Å². The van der Waals surface area contributed by atoms with Gasteiger partial charge in [-0.15, -0.1) is 24.8 Å². The van der Waals surface area contributed by atoms with E-state index >= 15 is 0 Å². The maximum absolute atomic E-state index is 11.9. The van der Waals surface area contributed by atoms with Crippen molar-refractivity contribution in [2.75, 3.05) is 0 Å². The second-order valence-electron chi connectivity index (χ2n) is 4.80. The molecule has 0 aromatic carbocycles. The molecule has 5 nitrogen and oxygen atoms in total. The van der Waals surface area contributed by atoms with E-state index in [0.29, 0.717) is 13.0 Å². The van der Waals surface area contributed by atoms with Gasteiger partial charge in [0.05, 0.1) is 11.9 Å². The molecule has 0 aliphatic rings. The first-order valence-electron chi connectivity index (χ1n) is 6.01. The Balaban J connectivity index is 0. The van der Waals surface area contributed by atoms with Crippen LogP contribution in [0.4, 0.5) is 0 Å². The Morgan fingerprint density at radius 3 is 2.63 bits per heavy atom. The molecule has 2 atom stereocenters. The van der Waals surface area contributed by atoms with Crippen LogP contribution in [0, 0.1) is 0 Å². The number of nitrogens with two attached hydrogens (primary N) is 1. The number of aromatic nitrogens is 2. The Bertz CT molecular complexity index is 355. The van der Waals surface area contributed by atoms with Crippen LogP contribution in [-0.2, 0) is 11.3 Å². The van der Waals surface area contributed by atoms with Crippen molar-refractivity contribution in [1.82, 2.24) is 14.9 Å². The monoisotopic (exact) mass is 310 g/mol. The second kappa shape index (κ2) is 9.18. The van der Waals surface area contributed by atoms with Crippen LogP contribution in [-0.4, -0.2) is 27.0 Å². The highest BCUT2D eigenvalue weighted by Crippen LogP contribution is 2.09. The summed E-state index contributed by atoms with van der Waals surface area (Å²) in [6, 6.07) is 0.0384. The van der Waals surface area contributed by atoms with Crippen LogP contribution in [0.3, 0.4) is 0 Å². The van der Waals surface area contributed by atoms with Crippen LogP contribution < -0.4 is 11.1 Å². The summed E-state index contributed by atoms with van der Waals surface area (Å²) in [5.74, 6) is -0.0908. The van der Waals surface area contributed by atoms with Crippen molar-refractivity contribution in [3.8, 4) is 0 Å². The predicted octanol–water partition coefficient (Wildman–Crippen LogP) is 1.75. The van der Waals surface area contributed by atoms with Gasteiger partial charge in [0.1, 0.15) is 0 Å². The SMILES string of the molecule is CCCC(C)(N)C(=O)NC(C)Cn1ccnc1.Cl.Cl. The van der Waals surface area contributed by atoms with Gasteiger partial charge in [-0.3, -0.25) is 4.79 Å². The molecule has 1 aromatic heterocycles. The number of imidazole rings is 1. The fourth-order valence-electron chi connectivity index (χ4n) is 1.78. The maximum atomic E-state index is 11.9. The quantitative estimate of drug-likeness (QED) is 0.840. The molecule has 1 heterocycles. The largest absolute Gasteiger partial charge is 0.350 e.